The van der Waals surface area contributed by atoms with Crippen molar-refractivity contribution in [3.63, 3.8) is 0 Å². The first-order valence-electron chi connectivity index (χ1n) is 6.62. The molecule has 1 aromatic rings. The molecular formula is C14H19N3O2. The molecule has 1 aliphatic heterocycles. The van der Waals surface area contributed by atoms with Gasteiger partial charge >= 0.3 is 0 Å². The van der Waals surface area contributed by atoms with Gasteiger partial charge in [0, 0.05) is 17.8 Å². The summed E-state index contributed by atoms with van der Waals surface area (Å²) in [5.74, 6) is -0.112. The molecule has 0 aliphatic carbocycles. The third-order valence-corrected chi connectivity index (χ3v) is 3.06. The molecule has 0 spiro atoms. The summed E-state index contributed by atoms with van der Waals surface area (Å²) in [4.78, 5) is 23.1. The van der Waals surface area contributed by atoms with Crippen molar-refractivity contribution in [3.05, 3.63) is 29.3 Å². The summed E-state index contributed by atoms with van der Waals surface area (Å²) in [6.07, 6.45) is 1.31. The Morgan fingerprint density at radius 2 is 2.21 bits per heavy atom. The zero-order valence-corrected chi connectivity index (χ0v) is 11.1. The van der Waals surface area contributed by atoms with Gasteiger partial charge in [-0.2, -0.15) is 0 Å². The Hall–Kier alpha value is -1.88. The van der Waals surface area contributed by atoms with Gasteiger partial charge in [-0.25, -0.2) is 0 Å². The highest BCUT2D eigenvalue weighted by Crippen LogP contribution is 2.23. The number of nitrogens with one attached hydrogen (secondary N) is 3. The lowest BCUT2D eigenvalue weighted by Crippen LogP contribution is -2.27. The molecule has 2 amide bonds. The van der Waals surface area contributed by atoms with Gasteiger partial charge < -0.3 is 16.0 Å². The summed E-state index contributed by atoms with van der Waals surface area (Å²) in [7, 11) is 0. The minimum Gasteiger partial charge on any atom is -0.352 e. The van der Waals surface area contributed by atoms with Crippen LogP contribution in [0.2, 0.25) is 0 Å². The second kappa shape index (κ2) is 6.33. The molecule has 19 heavy (non-hydrogen) atoms. The lowest BCUT2D eigenvalue weighted by atomic mass is 10.1. The number of amides is 2. The predicted octanol–water partition coefficient (Wildman–Crippen LogP) is 0.911. The Labute approximate surface area is 112 Å². The van der Waals surface area contributed by atoms with Gasteiger partial charge in [0.2, 0.25) is 5.91 Å². The topological polar surface area (TPSA) is 70.2 Å². The molecule has 0 radical (unpaired) electrons. The van der Waals surface area contributed by atoms with Gasteiger partial charge in [-0.3, -0.25) is 9.59 Å². The van der Waals surface area contributed by atoms with Crippen molar-refractivity contribution in [2.45, 2.75) is 19.8 Å². The molecule has 0 unspecified atom stereocenters. The van der Waals surface area contributed by atoms with E-state index in [1.807, 2.05) is 6.07 Å². The fourth-order valence-electron chi connectivity index (χ4n) is 2.05. The molecule has 0 saturated heterocycles. The van der Waals surface area contributed by atoms with E-state index in [4.69, 9.17) is 0 Å². The van der Waals surface area contributed by atoms with E-state index in [2.05, 4.69) is 22.9 Å². The quantitative estimate of drug-likeness (QED) is 0.667. The van der Waals surface area contributed by atoms with Gasteiger partial charge in [0.25, 0.3) is 5.91 Å². The first-order valence-corrected chi connectivity index (χ1v) is 6.62. The van der Waals surface area contributed by atoms with Gasteiger partial charge in [-0.05, 0) is 37.2 Å². The number of carbonyl (C=O) groups excluding carboxylic acids is 2. The molecule has 1 aromatic carbocycles. The molecule has 3 N–H and O–H groups in total. The Kier molecular flexibility index (Phi) is 4.52. The normalized spacial score (nSPS) is 13.0. The number of rotatable bonds is 6. The number of fused-ring (bicyclic) bond motifs is 1. The SMILES string of the molecule is CCNCCCNC(=O)c1ccc2c(c1)NC(=O)C2. The van der Waals surface area contributed by atoms with E-state index in [1.165, 1.54) is 0 Å². The van der Waals surface area contributed by atoms with Crippen molar-refractivity contribution in [1.29, 1.82) is 0 Å². The monoisotopic (exact) mass is 261 g/mol. The van der Waals surface area contributed by atoms with Crippen LogP contribution in [0.3, 0.4) is 0 Å². The summed E-state index contributed by atoms with van der Waals surface area (Å²) >= 11 is 0. The van der Waals surface area contributed by atoms with Crippen molar-refractivity contribution in [2.24, 2.45) is 0 Å². The fraction of sp³-hybridized carbons (Fsp3) is 0.429. The molecule has 0 aromatic heterocycles. The molecule has 0 saturated carbocycles. The zero-order valence-electron chi connectivity index (χ0n) is 11.1. The van der Waals surface area contributed by atoms with Crippen LogP contribution >= 0.6 is 0 Å². The van der Waals surface area contributed by atoms with Gasteiger partial charge in [0.1, 0.15) is 0 Å². The highest BCUT2D eigenvalue weighted by atomic mass is 16.2. The lowest BCUT2D eigenvalue weighted by molar-refractivity contribution is -0.115. The third kappa shape index (κ3) is 3.54. The van der Waals surface area contributed by atoms with E-state index in [9.17, 15) is 9.59 Å². The van der Waals surface area contributed by atoms with Crippen molar-refractivity contribution in [3.8, 4) is 0 Å². The van der Waals surface area contributed by atoms with Gasteiger partial charge in [0.05, 0.1) is 6.42 Å². The maximum atomic E-state index is 11.9. The predicted molar refractivity (Wildman–Crippen MR) is 74.3 cm³/mol. The molecule has 5 heteroatoms. The van der Waals surface area contributed by atoms with Crippen LogP contribution in [0.4, 0.5) is 5.69 Å². The number of carbonyl (C=O) groups is 2. The first kappa shape index (κ1) is 13.5. The number of anilines is 1. The maximum Gasteiger partial charge on any atom is 0.251 e. The minimum atomic E-state index is -0.0968. The second-order valence-corrected chi connectivity index (χ2v) is 4.56. The van der Waals surface area contributed by atoms with Crippen LogP contribution < -0.4 is 16.0 Å². The van der Waals surface area contributed by atoms with Crippen LogP contribution in [0.5, 0.6) is 0 Å². The van der Waals surface area contributed by atoms with Crippen molar-refractivity contribution < 1.29 is 9.59 Å². The van der Waals surface area contributed by atoms with Crippen molar-refractivity contribution in [2.75, 3.05) is 25.0 Å². The van der Waals surface area contributed by atoms with E-state index in [1.54, 1.807) is 12.1 Å². The average Bonchev–Trinajstić information content (AvgIpc) is 2.77. The number of benzene rings is 1. The highest BCUT2D eigenvalue weighted by Gasteiger charge is 2.18. The molecule has 2 rings (SSSR count). The van der Waals surface area contributed by atoms with Crippen LogP contribution in [-0.2, 0) is 11.2 Å². The van der Waals surface area contributed by atoms with Gasteiger partial charge in [0.15, 0.2) is 0 Å². The second-order valence-electron chi connectivity index (χ2n) is 4.56. The zero-order chi connectivity index (χ0) is 13.7. The van der Waals surface area contributed by atoms with E-state index in [0.717, 1.165) is 30.8 Å². The highest BCUT2D eigenvalue weighted by molar-refractivity contribution is 6.02. The van der Waals surface area contributed by atoms with Crippen LogP contribution in [-0.4, -0.2) is 31.4 Å². The Bertz CT molecular complexity index is 486. The summed E-state index contributed by atoms with van der Waals surface area (Å²) in [6.45, 7) is 4.54. The minimum absolute atomic E-state index is 0.0156. The molecule has 0 atom stereocenters. The number of hydrogen-bond acceptors (Lipinski definition) is 3. The van der Waals surface area contributed by atoms with Crippen LogP contribution in [0.25, 0.3) is 0 Å². The van der Waals surface area contributed by atoms with E-state index in [0.29, 0.717) is 18.5 Å². The Morgan fingerprint density at radius 3 is 3.00 bits per heavy atom. The molecule has 5 nitrogen and oxygen atoms in total. The first-order chi connectivity index (χ1) is 9.20. The van der Waals surface area contributed by atoms with Gasteiger partial charge in [-0.1, -0.05) is 13.0 Å². The van der Waals surface area contributed by atoms with E-state index < -0.39 is 0 Å². The third-order valence-electron chi connectivity index (χ3n) is 3.06. The molecule has 0 fully saturated rings. The number of hydrogen-bond donors (Lipinski definition) is 3. The molecule has 1 heterocycles. The van der Waals surface area contributed by atoms with Crippen molar-refractivity contribution >= 4 is 17.5 Å². The van der Waals surface area contributed by atoms with E-state index >= 15 is 0 Å². The average molecular weight is 261 g/mol. The summed E-state index contributed by atoms with van der Waals surface area (Å²) in [5.41, 5.74) is 2.29. The van der Waals surface area contributed by atoms with Gasteiger partial charge in [-0.15, -0.1) is 0 Å². The Morgan fingerprint density at radius 1 is 1.37 bits per heavy atom. The molecule has 0 bridgehead atoms. The molecular weight excluding hydrogens is 242 g/mol. The Balaban J connectivity index is 1.86. The fourth-order valence-corrected chi connectivity index (χ4v) is 2.05. The van der Waals surface area contributed by atoms with Crippen LogP contribution in [0.1, 0.15) is 29.3 Å². The lowest BCUT2D eigenvalue weighted by Gasteiger charge is -2.07. The molecule has 1 aliphatic rings. The standard InChI is InChI=1S/C14H19N3O2/c1-2-15-6-3-7-16-14(19)11-5-4-10-9-13(18)17-12(10)8-11/h4-5,8,15H,2-3,6-7,9H2,1H3,(H,16,19)(H,17,18). The smallest absolute Gasteiger partial charge is 0.251 e. The van der Waals surface area contributed by atoms with Crippen molar-refractivity contribution in [1.82, 2.24) is 10.6 Å². The summed E-state index contributed by atoms with van der Waals surface area (Å²) in [6, 6.07) is 5.33. The van der Waals surface area contributed by atoms with Crippen LogP contribution in [0.15, 0.2) is 18.2 Å². The van der Waals surface area contributed by atoms with Crippen LogP contribution in [0, 0.1) is 0 Å². The summed E-state index contributed by atoms with van der Waals surface area (Å²) in [5, 5.41) is 8.82. The molecule has 102 valence electrons. The summed E-state index contributed by atoms with van der Waals surface area (Å²) < 4.78 is 0. The largest absolute Gasteiger partial charge is 0.352 e. The maximum absolute atomic E-state index is 11.9. The van der Waals surface area contributed by atoms with E-state index in [-0.39, 0.29) is 11.8 Å².